The van der Waals surface area contributed by atoms with Gasteiger partial charge >= 0.3 is 0 Å². The fourth-order valence-electron chi connectivity index (χ4n) is 1.68. The van der Waals surface area contributed by atoms with Gasteiger partial charge in [0.2, 0.25) is 5.56 Å². The first-order valence-electron chi connectivity index (χ1n) is 5.91. The molecule has 0 unspecified atom stereocenters. The number of rotatable bonds is 1. The quantitative estimate of drug-likeness (QED) is 0.409. The van der Waals surface area contributed by atoms with Gasteiger partial charge in [0, 0.05) is 18.3 Å². The number of pyridine rings is 2. The lowest BCUT2D eigenvalue weighted by Crippen LogP contribution is -2.06. The highest BCUT2D eigenvalue weighted by atomic mass is 35.5. The van der Waals surface area contributed by atoms with E-state index in [1.807, 2.05) is 18.3 Å². The van der Waals surface area contributed by atoms with Gasteiger partial charge in [-0.2, -0.15) is 0 Å². The third-order valence-electron chi connectivity index (χ3n) is 2.65. The van der Waals surface area contributed by atoms with Gasteiger partial charge in [-0.15, -0.1) is 0 Å². The van der Waals surface area contributed by atoms with E-state index in [0.29, 0.717) is 5.15 Å². The highest BCUT2D eigenvalue weighted by Gasteiger charge is 2.08. The van der Waals surface area contributed by atoms with Crippen molar-refractivity contribution in [2.45, 2.75) is 6.92 Å². The molecule has 0 aliphatic rings. The molecule has 7 nitrogen and oxygen atoms in total. The van der Waals surface area contributed by atoms with Crippen molar-refractivity contribution in [2.24, 2.45) is 0 Å². The zero-order chi connectivity index (χ0) is 15.4. The number of H-pyrrole nitrogens is 2. The Bertz CT molecular complexity index is 841. The first-order valence-corrected chi connectivity index (χ1v) is 6.29. The van der Waals surface area contributed by atoms with Crippen LogP contribution in [0.1, 0.15) is 5.69 Å². The third-order valence-corrected chi connectivity index (χ3v) is 2.87. The van der Waals surface area contributed by atoms with Gasteiger partial charge < -0.3 is 9.97 Å². The van der Waals surface area contributed by atoms with Crippen molar-refractivity contribution in [3.63, 3.8) is 0 Å². The Morgan fingerprint density at radius 3 is 2.67 bits per heavy atom. The van der Waals surface area contributed by atoms with Crippen molar-refractivity contribution in [1.82, 2.24) is 15.0 Å². The van der Waals surface area contributed by atoms with Crippen LogP contribution in [0.25, 0.3) is 11.0 Å². The molecule has 0 saturated heterocycles. The number of aromatic nitrogens is 3. The number of nitrogens with zero attached hydrogens (tertiary/aromatic N) is 2. The maximum atomic E-state index is 10.6. The highest BCUT2D eigenvalue weighted by Crippen LogP contribution is 2.12. The zero-order valence-corrected chi connectivity index (χ0v) is 11.7. The molecule has 0 radical (unpaired) electrons. The summed E-state index contributed by atoms with van der Waals surface area (Å²) < 4.78 is 0. The Morgan fingerprint density at radius 1 is 1.24 bits per heavy atom. The minimum absolute atomic E-state index is 0.0652. The summed E-state index contributed by atoms with van der Waals surface area (Å²) in [5, 5.41) is 10.8. The zero-order valence-electron chi connectivity index (χ0n) is 11.0. The van der Waals surface area contributed by atoms with Gasteiger partial charge in [0.15, 0.2) is 0 Å². The largest absolute Gasteiger partial charge is 0.360 e. The molecular weight excluding hydrogens is 296 g/mol. The Kier molecular flexibility index (Phi) is 4.34. The molecule has 21 heavy (non-hydrogen) atoms. The van der Waals surface area contributed by atoms with Gasteiger partial charge in [0.05, 0.1) is 21.7 Å². The number of aryl methyl sites for hydroxylation is 1. The summed E-state index contributed by atoms with van der Waals surface area (Å²) in [6.07, 6.45) is 1.84. The van der Waals surface area contributed by atoms with E-state index in [9.17, 15) is 14.9 Å². The first-order chi connectivity index (χ1) is 9.97. The molecule has 108 valence electrons. The normalized spacial score (nSPS) is 10.0. The van der Waals surface area contributed by atoms with Crippen LogP contribution in [0.15, 0.2) is 41.3 Å². The van der Waals surface area contributed by atoms with Crippen molar-refractivity contribution in [1.29, 1.82) is 0 Å². The maximum Gasteiger partial charge on any atom is 0.288 e. The summed E-state index contributed by atoms with van der Waals surface area (Å²) in [6.45, 7) is 1.49. The van der Waals surface area contributed by atoms with Crippen molar-refractivity contribution in [3.05, 3.63) is 67.8 Å². The van der Waals surface area contributed by atoms with Crippen molar-refractivity contribution >= 4 is 28.3 Å². The van der Waals surface area contributed by atoms with Crippen LogP contribution in [0.4, 0.5) is 5.69 Å². The van der Waals surface area contributed by atoms with Gasteiger partial charge in [-0.3, -0.25) is 14.9 Å². The lowest BCUT2D eigenvalue weighted by molar-refractivity contribution is -0.385. The predicted molar refractivity (Wildman–Crippen MR) is 79.6 cm³/mol. The Balaban J connectivity index is 0.000000154. The molecule has 3 heterocycles. The van der Waals surface area contributed by atoms with Gasteiger partial charge in [-0.1, -0.05) is 11.6 Å². The van der Waals surface area contributed by atoms with Gasteiger partial charge in [-0.25, -0.2) is 4.98 Å². The minimum Gasteiger partial charge on any atom is -0.360 e. The SMILES string of the molecule is Cc1[nH]c(=O)ccc1[N+](=O)[O-].Clc1ccc2[nH]ccc2n1. The molecule has 3 rings (SSSR count). The minimum atomic E-state index is -0.536. The van der Waals surface area contributed by atoms with E-state index < -0.39 is 4.92 Å². The maximum absolute atomic E-state index is 10.6. The van der Waals surface area contributed by atoms with Gasteiger partial charge in [0.1, 0.15) is 5.15 Å². The molecule has 0 bridgehead atoms. The topological polar surface area (TPSA) is 105 Å². The number of hydrogen-bond donors (Lipinski definition) is 2. The molecule has 8 heteroatoms. The van der Waals surface area contributed by atoms with Crippen LogP contribution in [0.3, 0.4) is 0 Å². The average molecular weight is 307 g/mol. The average Bonchev–Trinajstić information content (AvgIpc) is 2.86. The molecule has 0 atom stereocenters. The molecule has 3 aromatic rings. The van der Waals surface area contributed by atoms with Crippen LogP contribution >= 0.6 is 11.6 Å². The number of nitrogens with one attached hydrogen (secondary N) is 2. The monoisotopic (exact) mass is 306 g/mol. The smallest absolute Gasteiger partial charge is 0.288 e. The molecular formula is C13H11ClN4O3. The lowest BCUT2D eigenvalue weighted by Gasteiger charge is -1.93. The van der Waals surface area contributed by atoms with Crippen LogP contribution in [0, 0.1) is 17.0 Å². The third kappa shape index (κ3) is 3.67. The summed E-state index contributed by atoms with van der Waals surface area (Å²) in [5.74, 6) is 0. The number of aromatic amines is 2. The molecule has 0 fully saturated rings. The van der Waals surface area contributed by atoms with Crippen LogP contribution in [0.2, 0.25) is 5.15 Å². The fraction of sp³-hybridized carbons (Fsp3) is 0.0769. The van der Waals surface area contributed by atoms with Crippen LogP contribution in [-0.2, 0) is 0 Å². The molecule has 2 N–H and O–H groups in total. The fourth-order valence-corrected chi connectivity index (χ4v) is 1.83. The van der Waals surface area contributed by atoms with E-state index in [1.54, 1.807) is 6.07 Å². The Hall–Kier alpha value is -2.67. The van der Waals surface area contributed by atoms with E-state index in [1.165, 1.54) is 13.0 Å². The molecule has 0 saturated carbocycles. The molecule has 0 aliphatic heterocycles. The second kappa shape index (κ2) is 6.19. The number of fused-ring (bicyclic) bond motifs is 1. The van der Waals surface area contributed by atoms with Crippen molar-refractivity contribution < 1.29 is 4.92 Å². The van der Waals surface area contributed by atoms with E-state index in [4.69, 9.17) is 11.6 Å². The number of nitro groups is 1. The van der Waals surface area contributed by atoms with E-state index >= 15 is 0 Å². The molecule has 0 aromatic carbocycles. The molecule has 0 spiro atoms. The van der Waals surface area contributed by atoms with Crippen molar-refractivity contribution in [3.8, 4) is 0 Å². The van der Waals surface area contributed by atoms with Crippen LogP contribution < -0.4 is 5.56 Å². The van der Waals surface area contributed by atoms with E-state index in [-0.39, 0.29) is 16.9 Å². The Labute approximate surface area is 123 Å². The van der Waals surface area contributed by atoms with E-state index in [2.05, 4.69) is 15.0 Å². The first kappa shape index (κ1) is 14.7. The Morgan fingerprint density at radius 2 is 2.00 bits per heavy atom. The standard InChI is InChI=1S/C7H5ClN2.C6H6N2O3/c8-7-2-1-5-6(10-7)3-4-9-5;1-4-5(8(10)11)2-3-6(9)7-4/h1-4,9H;2-3H,1H3,(H,7,9). The summed E-state index contributed by atoms with van der Waals surface area (Å²) in [4.78, 5) is 29.7. The van der Waals surface area contributed by atoms with E-state index in [0.717, 1.165) is 17.1 Å². The van der Waals surface area contributed by atoms with Gasteiger partial charge in [-0.05, 0) is 25.1 Å². The summed E-state index contributed by atoms with van der Waals surface area (Å²) >= 11 is 5.65. The molecule has 3 aromatic heterocycles. The van der Waals surface area contributed by atoms with Gasteiger partial charge in [0.25, 0.3) is 5.69 Å². The number of hydrogen-bond acceptors (Lipinski definition) is 4. The van der Waals surface area contributed by atoms with Crippen LogP contribution in [-0.4, -0.2) is 19.9 Å². The van der Waals surface area contributed by atoms with Crippen LogP contribution in [0.5, 0.6) is 0 Å². The second-order valence-corrected chi connectivity index (χ2v) is 4.52. The summed E-state index contributed by atoms with van der Waals surface area (Å²) in [7, 11) is 0. The lowest BCUT2D eigenvalue weighted by atomic mass is 10.3. The highest BCUT2D eigenvalue weighted by molar-refractivity contribution is 6.29. The molecule has 0 amide bonds. The van der Waals surface area contributed by atoms with Crippen molar-refractivity contribution in [2.75, 3.05) is 0 Å². The predicted octanol–water partition coefficient (Wildman–Crippen LogP) is 2.81. The second-order valence-electron chi connectivity index (χ2n) is 4.13. The number of halogens is 1. The summed E-state index contributed by atoms with van der Waals surface area (Å²) in [5.41, 5.74) is 1.82. The molecule has 0 aliphatic carbocycles. The summed E-state index contributed by atoms with van der Waals surface area (Å²) in [6, 6.07) is 7.88.